The molecular formula is C16H15FN6O2. The molecule has 2 aromatic heterocycles. The summed E-state index contributed by atoms with van der Waals surface area (Å²) in [6.45, 7) is 0.309. The summed E-state index contributed by atoms with van der Waals surface area (Å²) in [5.41, 5.74) is 1.18. The maximum absolute atomic E-state index is 13.3. The van der Waals surface area contributed by atoms with E-state index in [0.717, 1.165) is 29.3 Å². The number of halogens is 1. The van der Waals surface area contributed by atoms with Crippen LogP contribution in [0, 0.1) is 5.82 Å². The average molecular weight is 342 g/mol. The molecule has 25 heavy (non-hydrogen) atoms. The highest BCUT2D eigenvalue weighted by atomic mass is 19.1. The molecule has 0 radical (unpaired) electrons. The number of carbonyl (C=O) groups is 1. The highest BCUT2D eigenvalue weighted by molar-refractivity contribution is 5.92. The molecular weight excluding hydrogens is 327 g/mol. The van der Waals surface area contributed by atoms with Crippen molar-refractivity contribution in [2.45, 2.75) is 25.3 Å². The van der Waals surface area contributed by atoms with Gasteiger partial charge in [0.1, 0.15) is 17.0 Å². The maximum atomic E-state index is 13.3. The second kappa shape index (κ2) is 6.08. The number of aromatic amines is 1. The Morgan fingerprint density at radius 1 is 1.36 bits per heavy atom. The third-order valence-corrected chi connectivity index (χ3v) is 4.14. The molecule has 0 spiro atoms. The summed E-state index contributed by atoms with van der Waals surface area (Å²) in [7, 11) is 0. The number of nitrogens with zero attached hydrogens (tertiary/aromatic N) is 4. The fourth-order valence-electron chi connectivity index (χ4n) is 2.62. The van der Waals surface area contributed by atoms with Crippen LogP contribution in [0.15, 0.2) is 29.1 Å². The predicted molar refractivity (Wildman–Crippen MR) is 86.7 cm³/mol. The Balaban J connectivity index is 1.42. The number of hydrogen-bond acceptors (Lipinski definition) is 5. The van der Waals surface area contributed by atoms with Crippen molar-refractivity contribution in [1.82, 2.24) is 30.5 Å². The van der Waals surface area contributed by atoms with Gasteiger partial charge in [-0.15, -0.1) is 5.10 Å². The predicted octanol–water partition coefficient (Wildman–Crippen LogP) is 0.961. The smallest absolute Gasteiger partial charge is 0.277 e. The average Bonchev–Trinajstić information content (AvgIpc) is 3.34. The Bertz CT molecular complexity index is 1010. The van der Waals surface area contributed by atoms with Crippen molar-refractivity contribution in [1.29, 1.82) is 0 Å². The molecule has 1 aromatic carbocycles. The van der Waals surface area contributed by atoms with E-state index in [1.807, 2.05) is 0 Å². The largest absolute Gasteiger partial charge is 0.349 e. The fourth-order valence-corrected chi connectivity index (χ4v) is 2.62. The molecule has 0 bridgehead atoms. The van der Waals surface area contributed by atoms with Gasteiger partial charge in [0, 0.05) is 18.2 Å². The number of fused-ring (bicyclic) bond motifs is 1. The molecule has 3 aromatic rings. The molecule has 4 rings (SSSR count). The van der Waals surface area contributed by atoms with Gasteiger partial charge in [-0.05, 0) is 37.1 Å². The van der Waals surface area contributed by atoms with Gasteiger partial charge >= 0.3 is 0 Å². The molecule has 1 amide bonds. The van der Waals surface area contributed by atoms with E-state index in [1.54, 1.807) is 6.07 Å². The summed E-state index contributed by atoms with van der Waals surface area (Å²) in [6, 6.07) is 5.50. The molecule has 1 fully saturated rings. The van der Waals surface area contributed by atoms with Gasteiger partial charge in [-0.3, -0.25) is 14.7 Å². The van der Waals surface area contributed by atoms with Gasteiger partial charge < -0.3 is 5.32 Å². The molecule has 1 saturated carbocycles. The van der Waals surface area contributed by atoms with Crippen LogP contribution in [-0.2, 0) is 6.54 Å². The fraction of sp³-hybridized carbons (Fsp3) is 0.312. The number of benzene rings is 1. The molecule has 8 nitrogen and oxygen atoms in total. The van der Waals surface area contributed by atoms with E-state index in [9.17, 15) is 14.0 Å². The first-order valence-electron chi connectivity index (χ1n) is 7.98. The van der Waals surface area contributed by atoms with Crippen LogP contribution in [0.1, 0.15) is 34.9 Å². The van der Waals surface area contributed by atoms with E-state index < -0.39 is 11.4 Å². The Morgan fingerprint density at radius 3 is 3.00 bits per heavy atom. The minimum Gasteiger partial charge on any atom is -0.349 e. The van der Waals surface area contributed by atoms with E-state index in [4.69, 9.17) is 0 Å². The number of aromatic nitrogens is 5. The lowest BCUT2D eigenvalue weighted by Gasteiger charge is -2.06. The molecule has 1 aliphatic carbocycles. The number of carbonyl (C=O) groups excluding carboxylic acids is 1. The lowest BCUT2D eigenvalue weighted by molar-refractivity contribution is 0.0946. The first kappa shape index (κ1) is 15.4. The van der Waals surface area contributed by atoms with Gasteiger partial charge in [0.2, 0.25) is 0 Å². The molecule has 2 N–H and O–H groups in total. The summed E-state index contributed by atoms with van der Waals surface area (Å²) in [4.78, 5) is 24.3. The first-order valence-corrected chi connectivity index (χ1v) is 7.98. The number of H-pyrrole nitrogens is 1. The monoisotopic (exact) mass is 342 g/mol. The van der Waals surface area contributed by atoms with Crippen molar-refractivity contribution in [3.05, 3.63) is 51.8 Å². The lowest BCUT2D eigenvalue weighted by atomic mass is 10.2. The quantitative estimate of drug-likeness (QED) is 0.718. The van der Waals surface area contributed by atoms with E-state index in [0.29, 0.717) is 17.1 Å². The first-order chi connectivity index (χ1) is 12.1. The molecule has 0 aliphatic heterocycles. The lowest BCUT2D eigenvalue weighted by Crippen LogP contribution is -2.32. The van der Waals surface area contributed by atoms with Crippen LogP contribution in [0.5, 0.6) is 0 Å². The van der Waals surface area contributed by atoms with E-state index in [2.05, 4.69) is 25.8 Å². The van der Waals surface area contributed by atoms with Crippen LogP contribution in [0.3, 0.4) is 0 Å². The number of rotatable bonds is 5. The molecule has 128 valence electrons. The van der Waals surface area contributed by atoms with Crippen LogP contribution in [0.25, 0.3) is 10.9 Å². The van der Waals surface area contributed by atoms with E-state index >= 15 is 0 Å². The highest BCUT2D eigenvalue weighted by Crippen LogP contribution is 2.38. The van der Waals surface area contributed by atoms with Crippen LogP contribution in [0.4, 0.5) is 4.39 Å². The second-order valence-electron chi connectivity index (χ2n) is 6.02. The summed E-state index contributed by atoms with van der Waals surface area (Å²) in [5, 5.41) is 17.4. The van der Waals surface area contributed by atoms with Crippen LogP contribution < -0.4 is 10.9 Å². The number of hydrogen-bond donors (Lipinski definition) is 2. The zero-order valence-electron chi connectivity index (χ0n) is 13.2. The van der Waals surface area contributed by atoms with Gasteiger partial charge in [0.15, 0.2) is 0 Å². The minimum absolute atomic E-state index is 0.129. The number of nitrogens with one attached hydrogen (secondary N) is 2. The Kier molecular flexibility index (Phi) is 3.75. The summed E-state index contributed by atoms with van der Waals surface area (Å²) < 4.78 is 14.4. The van der Waals surface area contributed by atoms with Gasteiger partial charge in [-0.25, -0.2) is 9.07 Å². The normalized spacial score (nSPS) is 14.0. The molecule has 0 atom stereocenters. The van der Waals surface area contributed by atoms with Crippen molar-refractivity contribution in [2.24, 2.45) is 0 Å². The SMILES string of the molecule is O=C(NCCn1nnc2ccc(F)cc2c1=O)c1cc(C2CC2)[nH]n1. The molecule has 9 heteroatoms. The second-order valence-corrected chi connectivity index (χ2v) is 6.02. The molecule has 0 saturated heterocycles. The zero-order valence-corrected chi connectivity index (χ0v) is 13.2. The van der Waals surface area contributed by atoms with Crippen LogP contribution >= 0.6 is 0 Å². The number of amides is 1. The van der Waals surface area contributed by atoms with Gasteiger partial charge in [0.05, 0.1) is 11.9 Å². The Morgan fingerprint density at radius 2 is 2.20 bits per heavy atom. The van der Waals surface area contributed by atoms with Crippen molar-refractivity contribution >= 4 is 16.8 Å². The Labute approximate surface area is 141 Å². The van der Waals surface area contributed by atoms with Crippen molar-refractivity contribution in [3.63, 3.8) is 0 Å². The minimum atomic E-state index is -0.512. The topological polar surface area (TPSA) is 106 Å². The van der Waals surface area contributed by atoms with Gasteiger partial charge in [-0.2, -0.15) is 5.10 Å². The van der Waals surface area contributed by atoms with Crippen molar-refractivity contribution in [3.8, 4) is 0 Å². The molecule has 0 unspecified atom stereocenters. The maximum Gasteiger partial charge on any atom is 0.277 e. The van der Waals surface area contributed by atoms with Crippen molar-refractivity contribution in [2.75, 3.05) is 6.54 Å². The standard InChI is InChI=1S/C16H15FN6O2/c17-10-3-4-12-11(7-10)16(25)23(22-21-12)6-5-18-15(24)14-8-13(19-20-14)9-1-2-9/h3-4,7-9H,1-2,5-6H2,(H,18,24)(H,19,20). The van der Waals surface area contributed by atoms with Gasteiger partial charge in [0.25, 0.3) is 11.5 Å². The van der Waals surface area contributed by atoms with Crippen molar-refractivity contribution < 1.29 is 9.18 Å². The van der Waals surface area contributed by atoms with E-state index in [-0.39, 0.29) is 24.4 Å². The highest BCUT2D eigenvalue weighted by Gasteiger charge is 2.26. The van der Waals surface area contributed by atoms with Gasteiger partial charge in [-0.1, -0.05) is 5.21 Å². The third-order valence-electron chi connectivity index (χ3n) is 4.14. The summed E-state index contributed by atoms with van der Waals surface area (Å²) in [6.07, 6.45) is 2.24. The zero-order chi connectivity index (χ0) is 17.4. The van der Waals surface area contributed by atoms with Crippen LogP contribution in [-0.4, -0.2) is 37.6 Å². The van der Waals surface area contributed by atoms with Crippen LogP contribution in [0.2, 0.25) is 0 Å². The summed E-state index contributed by atoms with van der Waals surface area (Å²) >= 11 is 0. The van der Waals surface area contributed by atoms with E-state index in [1.165, 1.54) is 12.1 Å². The third kappa shape index (κ3) is 3.12. The summed E-state index contributed by atoms with van der Waals surface area (Å²) in [5.74, 6) is -0.348. The Hall–Kier alpha value is -3.10. The molecule has 1 aliphatic rings. The molecule has 2 heterocycles.